The van der Waals surface area contributed by atoms with Gasteiger partial charge in [-0.3, -0.25) is 4.79 Å². The SMILES string of the molecule is COc1cc2c(c3oc(=O)c(CC(=O)NC[C@@H](O)COCc4ccco4)c(C)c13)CCC(C)(C)O2. The lowest BCUT2D eigenvalue weighted by atomic mass is 9.91. The number of benzene rings is 1. The molecule has 0 unspecified atom stereocenters. The Balaban J connectivity index is 1.47. The Bertz CT molecular complexity index is 1260. The van der Waals surface area contributed by atoms with E-state index in [-0.39, 0.29) is 37.3 Å². The van der Waals surface area contributed by atoms with Crippen molar-refractivity contribution in [1.82, 2.24) is 5.32 Å². The fourth-order valence-electron chi connectivity index (χ4n) is 4.25. The Morgan fingerprint density at radius 3 is 2.86 bits per heavy atom. The van der Waals surface area contributed by atoms with Gasteiger partial charge in [0.2, 0.25) is 5.91 Å². The summed E-state index contributed by atoms with van der Waals surface area (Å²) in [6.07, 6.45) is 1.93. The monoisotopic (exact) mass is 485 g/mol. The third kappa shape index (κ3) is 5.52. The number of ether oxygens (including phenoxy) is 3. The Morgan fingerprint density at radius 1 is 1.34 bits per heavy atom. The zero-order valence-corrected chi connectivity index (χ0v) is 20.4. The van der Waals surface area contributed by atoms with E-state index in [1.165, 1.54) is 0 Å². The average molecular weight is 486 g/mol. The van der Waals surface area contributed by atoms with Crippen LogP contribution in [0.15, 0.2) is 38.1 Å². The summed E-state index contributed by atoms with van der Waals surface area (Å²) in [4.78, 5) is 25.5. The zero-order chi connectivity index (χ0) is 25.2. The fraction of sp³-hybridized carbons (Fsp3) is 0.462. The van der Waals surface area contributed by atoms with E-state index in [4.69, 9.17) is 23.0 Å². The zero-order valence-electron chi connectivity index (χ0n) is 20.4. The first-order valence-corrected chi connectivity index (χ1v) is 11.6. The summed E-state index contributed by atoms with van der Waals surface area (Å²) >= 11 is 0. The van der Waals surface area contributed by atoms with Gasteiger partial charge in [0, 0.05) is 18.2 Å². The molecule has 2 N–H and O–H groups in total. The number of methoxy groups -OCH3 is 1. The van der Waals surface area contributed by atoms with Crippen LogP contribution in [0.1, 0.15) is 42.7 Å². The van der Waals surface area contributed by atoms with Crippen LogP contribution in [0.2, 0.25) is 0 Å². The highest BCUT2D eigenvalue weighted by molar-refractivity contribution is 5.93. The second kappa shape index (κ2) is 10.1. The molecule has 0 saturated carbocycles. The number of carbonyl (C=O) groups excluding carboxylic acids is 1. The molecule has 0 fully saturated rings. The molecule has 3 heterocycles. The van der Waals surface area contributed by atoms with Crippen molar-refractivity contribution in [2.24, 2.45) is 0 Å². The van der Waals surface area contributed by atoms with Gasteiger partial charge in [-0.25, -0.2) is 4.79 Å². The predicted octanol–water partition coefficient (Wildman–Crippen LogP) is 3.04. The molecule has 0 radical (unpaired) electrons. The van der Waals surface area contributed by atoms with Gasteiger partial charge in [0.25, 0.3) is 0 Å². The molecule has 1 atom stereocenters. The summed E-state index contributed by atoms with van der Waals surface area (Å²) < 4.78 is 28.0. The first-order valence-electron chi connectivity index (χ1n) is 11.6. The van der Waals surface area contributed by atoms with E-state index in [2.05, 4.69) is 5.32 Å². The van der Waals surface area contributed by atoms with Gasteiger partial charge < -0.3 is 33.5 Å². The number of nitrogens with one attached hydrogen (secondary N) is 1. The van der Waals surface area contributed by atoms with Gasteiger partial charge >= 0.3 is 5.63 Å². The number of amides is 1. The highest BCUT2D eigenvalue weighted by atomic mass is 16.5. The molecule has 9 heteroatoms. The van der Waals surface area contributed by atoms with Gasteiger partial charge in [-0.15, -0.1) is 0 Å². The van der Waals surface area contributed by atoms with E-state index in [9.17, 15) is 14.7 Å². The third-order valence-electron chi connectivity index (χ3n) is 6.17. The van der Waals surface area contributed by atoms with E-state index in [0.717, 1.165) is 12.0 Å². The van der Waals surface area contributed by atoms with Crippen LogP contribution < -0.4 is 20.4 Å². The van der Waals surface area contributed by atoms with Gasteiger partial charge in [-0.2, -0.15) is 0 Å². The number of aliphatic hydroxyl groups is 1. The maximum Gasteiger partial charge on any atom is 0.340 e. The fourth-order valence-corrected chi connectivity index (χ4v) is 4.25. The molecule has 0 saturated heterocycles. The minimum Gasteiger partial charge on any atom is -0.496 e. The van der Waals surface area contributed by atoms with Crippen molar-refractivity contribution in [2.45, 2.75) is 58.3 Å². The maximum atomic E-state index is 12.9. The van der Waals surface area contributed by atoms with E-state index in [1.807, 2.05) is 19.9 Å². The Kier molecular flexibility index (Phi) is 7.18. The largest absolute Gasteiger partial charge is 0.496 e. The van der Waals surface area contributed by atoms with Crippen LogP contribution in [0.3, 0.4) is 0 Å². The van der Waals surface area contributed by atoms with Crippen molar-refractivity contribution in [1.29, 1.82) is 0 Å². The van der Waals surface area contributed by atoms with Crippen molar-refractivity contribution < 1.29 is 32.9 Å². The smallest absolute Gasteiger partial charge is 0.340 e. The van der Waals surface area contributed by atoms with Crippen molar-refractivity contribution in [3.05, 3.63) is 57.3 Å². The van der Waals surface area contributed by atoms with Crippen molar-refractivity contribution in [2.75, 3.05) is 20.3 Å². The third-order valence-corrected chi connectivity index (χ3v) is 6.17. The highest BCUT2D eigenvalue weighted by Gasteiger charge is 2.31. The Labute approximate surface area is 203 Å². The molecule has 0 aliphatic carbocycles. The number of hydrogen-bond donors (Lipinski definition) is 2. The molecule has 3 aromatic rings. The molecule has 1 aliphatic rings. The summed E-state index contributed by atoms with van der Waals surface area (Å²) in [5.74, 6) is 1.39. The molecule has 1 aliphatic heterocycles. The summed E-state index contributed by atoms with van der Waals surface area (Å²) in [6.45, 7) is 6.04. The second-order valence-electron chi connectivity index (χ2n) is 9.34. The molecule has 1 aromatic carbocycles. The molecule has 0 spiro atoms. The predicted molar refractivity (Wildman–Crippen MR) is 128 cm³/mol. The molecule has 35 heavy (non-hydrogen) atoms. The van der Waals surface area contributed by atoms with Crippen LogP contribution in [-0.4, -0.2) is 43.0 Å². The average Bonchev–Trinajstić information content (AvgIpc) is 3.32. The van der Waals surface area contributed by atoms with Gasteiger partial charge in [-0.05, 0) is 51.3 Å². The van der Waals surface area contributed by atoms with Crippen molar-refractivity contribution >= 4 is 16.9 Å². The first-order chi connectivity index (χ1) is 16.7. The summed E-state index contributed by atoms with van der Waals surface area (Å²) in [7, 11) is 1.54. The summed E-state index contributed by atoms with van der Waals surface area (Å²) in [5, 5.41) is 13.4. The van der Waals surface area contributed by atoms with Gasteiger partial charge in [0.05, 0.1) is 43.5 Å². The molecule has 2 aromatic heterocycles. The van der Waals surface area contributed by atoms with Crippen LogP contribution in [-0.2, 0) is 29.0 Å². The normalized spacial score (nSPS) is 15.3. The number of hydrogen-bond acceptors (Lipinski definition) is 8. The number of rotatable bonds is 9. The molecule has 188 valence electrons. The summed E-state index contributed by atoms with van der Waals surface area (Å²) in [5.41, 5.74) is 1.23. The lowest BCUT2D eigenvalue weighted by Gasteiger charge is -2.33. The van der Waals surface area contributed by atoms with Crippen LogP contribution in [0.4, 0.5) is 0 Å². The van der Waals surface area contributed by atoms with E-state index in [0.29, 0.717) is 40.2 Å². The number of aliphatic hydroxyl groups excluding tert-OH is 1. The lowest BCUT2D eigenvalue weighted by molar-refractivity contribution is -0.121. The molecule has 1 amide bonds. The molecule has 0 bridgehead atoms. The summed E-state index contributed by atoms with van der Waals surface area (Å²) in [6, 6.07) is 5.33. The van der Waals surface area contributed by atoms with E-state index in [1.54, 1.807) is 32.4 Å². The van der Waals surface area contributed by atoms with Crippen LogP contribution in [0, 0.1) is 6.92 Å². The number of furan rings is 1. The van der Waals surface area contributed by atoms with E-state index < -0.39 is 17.6 Å². The Hall–Kier alpha value is -3.30. The first kappa shape index (κ1) is 24.8. The molecular formula is C26H31NO8. The highest BCUT2D eigenvalue weighted by Crippen LogP contribution is 2.43. The van der Waals surface area contributed by atoms with Crippen LogP contribution in [0.25, 0.3) is 11.0 Å². The van der Waals surface area contributed by atoms with Gasteiger partial charge in [0.1, 0.15) is 35.1 Å². The van der Waals surface area contributed by atoms with E-state index >= 15 is 0 Å². The number of fused-ring (bicyclic) bond motifs is 3. The molecule has 4 rings (SSSR count). The standard InChI is InChI=1S/C26H31NO8/c1-15-19(10-22(29)27-12-16(28)13-32-14-17-6-5-9-33-17)25(30)34-24-18-7-8-26(2,3)35-20(18)11-21(31-4)23(15)24/h5-6,9,11,16,28H,7-8,10,12-14H2,1-4H3,(H,27,29)/t16-/m1/s1. The minimum atomic E-state index is -0.904. The lowest BCUT2D eigenvalue weighted by Crippen LogP contribution is -2.36. The second-order valence-corrected chi connectivity index (χ2v) is 9.34. The topological polar surface area (TPSA) is 120 Å². The van der Waals surface area contributed by atoms with Crippen molar-refractivity contribution in [3.8, 4) is 11.5 Å². The minimum absolute atomic E-state index is 0.0150. The number of carbonyl (C=O) groups is 1. The van der Waals surface area contributed by atoms with Gasteiger partial charge in [0.15, 0.2) is 0 Å². The molecule has 9 nitrogen and oxygen atoms in total. The molecular weight excluding hydrogens is 454 g/mol. The maximum absolute atomic E-state index is 12.9. The van der Waals surface area contributed by atoms with Crippen molar-refractivity contribution in [3.63, 3.8) is 0 Å². The van der Waals surface area contributed by atoms with Crippen LogP contribution in [0.5, 0.6) is 11.5 Å². The van der Waals surface area contributed by atoms with Gasteiger partial charge in [-0.1, -0.05) is 0 Å². The van der Waals surface area contributed by atoms with Crippen LogP contribution >= 0.6 is 0 Å². The number of aryl methyl sites for hydroxylation is 2. The Morgan fingerprint density at radius 2 is 2.14 bits per heavy atom. The quantitative estimate of drug-likeness (QED) is 0.444.